The van der Waals surface area contributed by atoms with Gasteiger partial charge in [-0.25, -0.2) is 5.43 Å². The summed E-state index contributed by atoms with van der Waals surface area (Å²) < 4.78 is 5.20. The minimum absolute atomic E-state index is 0.116. The number of non-ortho nitro benzene ring substituents is 1. The van der Waals surface area contributed by atoms with Gasteiger partial charge < -0.3 is 15.2 Å². The number of phenols is 1. The van der Waals surface area contributed by atoms with Gasteiger partial charge in [0.05, 0.1) is 23.9 Å². The Morgan fingerprint density at radius 3 is 2.77 bits per heavy atom. The van der Waals surface area contributed by atoms with Gasteiger partial charge in [-0.3, -0.25) is 14.9 Å². The van der Waals surface area contributed by atoms with Crippen molar-refractivity contribution in [3.63, 3.8) is 0 Å². The predicted molar refractivity (Wildman–Crippen MR) is 96.6 cm³/mol. The lowest BCUT2D eigenvalue weighted by atomic mass is 10.2. The number of nitrogens with zero attached hydrogens (tertiary/aromatic N) is 2. The number of para-hydroxylation sites is 2. The first kappa shape index (κ1) is 18.7. The van der Waals surface area contributed by atoms with Crippen molar-refractivity contribution >= 4 is 23.5 Å². The molecular formula is C17H18N4O5. The number of nitrogens with one attached hydrogen (secondary N) is 2. The summed E-state index contributed by atoms with van der Waals surface area (Å²) in [5.41, 5.74) is 2.88. The molecule has 2 aromatic rings. The van der Waals surface area contributed by atoms with Crippen molar-refractivity contribution in [2.24, 2.45) is 5.10 Å². The topological polar surface area (TPSA) is 126 Å². The Morgan fingerprint density at radius 1 is 1.35 bits per heavy atom. The predicted octanol–water partition coefficient (Wildman–Crippen LogP) is 2.26. The lowest BCUT2D eigenvalue weighted by Gasteiger charge is -2.15. The molecule has 9 heteroatoms. The first-order valence-electron chi connectivity index (χ1n) is 7.62. The second-order valence-corrected chi connectivity index (χ2v) is 5.30. The fourth-order valence-electron chi connectivity index (χ4n) is 2.08. The summed E-state index contributed by atoms with van der Waals surface area (Å²) in [4.78, 5) is 22.3. The SMILES string of the molecule is COc1ccccc1N[C@H](C)C(=O)N/N=C\c1cc([N+](=O)[O-])ccc1O. The van der Waals surface area contributed by atoms with Crippen LogP contribution in [0.1, 0.15) is 12.5 Å². The van der Waals surface area contributed by atoms with Gasteiger partial charge in [-0.2, -0.15) is 5.10 Å². The van der Waals surface area contributed by atoms with Gasteiger partial charge in [-0.1, -0.05) is 12.1 Å². The van der Waals surface area contributed by atoms with E-state index in [4.69, 9.17) is 4.74 Å². The summed E-state index contributed by atoms with van der Waals surface area (Å²) in [6, 6.07) is 10.0. The van der Waals surface area contributed by atoms with Crippen LogP contribution < -0.4 is 15.5 Å². The molecule has 3 N–H and O–H groups in total. The number of nitro groups is 1. The van der Waals surface area contributed by atoms with Gasteiger partial charge in [-0.05, 0) is 25.1 Å². The molecule has 1 amide bonds. The number of amides is 1. The van der Waals surface area contributed by atoms with E-state index in [1.165, 1.54) is 19.2 Å². The highest BCUT2D eigenvalue weighted by molar-refractivity contribution is 5.88. The van der Waals surface area contributed by atoms with E-state index in [1.54, 1.807) is 25.1 Å². The van der Waals surface area contributed by atoms with Crippen LogP contribution in [0, 0.1) is 10.1 Å². The summed E-state index contributed by atoms with van der Waals surface area (Å²) in [5.74, 6) is -0.0250. The van der Waals surface area contributed by atoms with Crippen LogP contribution in [-0.4, -0.2) is 35.3 Å². The molecule has 0 fully saturated rings. The maximum atomic E-state index is 12.1. The van der Waals surface area contributed by atoms with Crippen LogP contribution in [0.2, 0.25) is 0 Å². The van der Waals surface area contributed by atoms with E-state index in [0.29, 0.717) is 11.4 Å². The van der Waals surface area contributed by atoms with E-state index < -0.39 is 16.9 Å². The Labute approximate surface area is 149 Å². The molecule has 9 nitrogen and oxygen atoms in total. The van der Waals surface area contributed by atoms with Crippen molar-refractivity contribution in [2.75, 3.05) is 12.4 Å². The number of rotatable bonds is 7. The van der Waals surface area contributed by atoms with Gasteiger partial charge in [0.2, 0.25) is 0 Å². The Kier molecular flexibility index (Phi) is 6.10. The number of hydrogen-bond donors (Lipinski definition) is 3. The van der Waals surface area contributed by atoms with Gasteiger partial charge in [-0.15, -0.1) is 0 Å². The highest BCUT2D eigenvalue weighted by Crippen LogP contribution is 2.24. The molecule has 0 bridgehead atoms. The van der Waals surface area contributed by atoms with E-state index in [1.807, 2.05) is 6.07 Å². The van der Waals surface area contributed by atoms with Gasteiger partial charge >= 0.3 is 0 Å². The third-order valence-corrected chi connectivity index (χ3v) is 3.47. The van der Waals surface area contributed by atoms with Crippen molar-refractivity contribution in [1.82, 2.24) is 5.43 Å². The number of phenolic OH excluding ortho intramolecular Hbond substituents is 1. The van der Waals surface area contributed by atoms with E-state index in [0.717, 1.165) is 12.3 Å². The first-order valence-corrected chi connectivity index (χ1v) is 7.62. The molecule has 2 rings (SSSR count). The van der Waals surface area contributed by atoms with Crippen molar-refractivity contribution in [2.45, 2.75) is 13.0 Å². The van der Waals surface area contributed by atoms with Crippen molar-refractivity contribution < 1.29 is 19.6 Å². The fraction of sp³-hybridized carbons (Fsp3) is 0.176. The molecule has 0 unspecified atom stereocenters. The number of nitro benzene ring substituents is 1. The highest BCUT2D eigenvalue weighted by Gasteiger charge is 2.14. The summed E-state index contributed by atoms with van der Waals surface area (Å²) in [5, 5.41) is 27.2. The normalized spacial score (nSPS) is 11.8. The molecule has 136 valence electrons. The quantitative estimate of drug-likeness (QED) is 0.396. The number of hydrazone groups is 1. The maximum absolute atomic E-state index is 12.1. The van der Waals surface area contributed by atoms with Crippen molar-refractivity contribution in [3.05, 3.63) is 58.1 Å². The summed E-state index contributed by atoms with van der Waals surface area (Å²) >= 11 is 0. The third kappa shape index (κ3) is 4.69. The van der Waals surface area contributed by atoms with Crippen molar-refractivity contribution in [3.8, 4) is 11.5 Å². The zero-order valence-corrected chi connectivity index (χ0v) is 14.2. The van der Waals surface area contributed by atoms with Gasteiger partial charge in [0.25, 0.3) is 11.6 Å². The smallest absolute Gasteiger partial charge is 0.270 e. The van der Waals surface area contributed by atoms with Gasteiger partial charge in [0.15, 0.2) is 0 Å². The minimum Gasteiger partial charge on any atom is -0.507 e. The Morgan fingerprint density at radius 2 is 2.08 bits per heavy atom. The summed E-state index contributed by atoms with van der Waals surface area (Å²) in [6.45, 7) is 1.64. The number of hydrogen-bond acceptors (Lipinski definition) is 7. The zero-order chi connectivity index (χ0) is 19.1. The molecule has 0 aliphatic rings. The second kappa shape index (κ2) is 8.47. The number of aromatic hydroxyl groups is 1. The Hall–Kier alpha value is -3.62. The van der Waals surface area contributed by atoms with Crippen molar-refractivity contribution in [1.29, 1.82) is 0 Å². The van der Waals surface area contributed by atoms with Crippen LogP contribution in [0.15, 0.2) is 47.6 Å². The number of carbonyl (C=O) groups is 1. The standard InChI is InChI=1S/C17H18N4O5/c1-11(19-14-5-3-4-6-16(14)26-2)17(23)20-18-10-12-9-13(21(24)25)7-8-15(12)22/h3-11,19,22H,1-2H3,(H,20,23)/b18-10-/t11-/m1/s1. The van der Waals surface area contributed by atoms with Crippen LogP contribution >= 0.6 is 0 Å². The number of carbonyl (C=O) groups excluding carboxylic acids is 1. The third-order valence-electron chi connectivity index (χ3n) is 3.47. The molecule has 0 radical (unpaired) electrons. The number of anilines is 1. The molecular weight excluding hydrogens is 340 g/mol. The first-order chi connectivity index (χ1) is 12.4. The molecule has 0 aromatic heterocycles. The molecule has 0 heterocycles. The van der Waals surface area contributed by atoms with Gasteiger partial charge in [0, 0.05) is 17.7 Å². The highest BCUT2D eigenvalue weighted by atomic mass is 16.6. The van der Waals surface area contributed by atoms with Crippen LogP contribution in [0.25, 0.3) is 0 Å². The number of methoxy groups -OCH3 is 1. The average Bonchev–Trinajstić information content (AvgIpc) is 2.63. The number of ether oxygens (including phenoxy) is 1. The van der Waals surface area contributed by atoms with Crippen LogP contribution in [0.3, 0.4) is 0 Å². The Balaban J connectivity index is 2.00. The van der Waals surface area contributed by atoms with Crippen LogP contribution in [0.4, 0.5) is 11.4 Å². The summed E-state index contributed by atoms with van der Waals surface area (Å²) in [6.07, 6.45) is 1.13. The van der Waals surface area contributed by atoms with Crippen LogP contribution in [-0.2, 0) is 4.79 Å². The average molecular weight is 358 g/mol. The van der Waals surface area contributed by atoms with E-state index >= 15 is 0 Å². The molecule has 0 spiro atoms. The lowest BCUT2D eigenvalue weighted by Crippen LogP contribution is -2.35. The molecule has 0 aliphatic carbocycles. The summed E-state index contributed by atoms with van der Waals surface area (Å²) in [7, 11) is 1.53. The minimum atomic E-state index is -0.623. The monoisotopic (exact) mass is 358 g/mol. The second-order valence-electron chi connectivity index (χ2n) is 5.30. The largest absolute Gasteiger partial charge is 0.507 e. The molecule has 2 aromatic carbocycles. The number of benzene rings is 2. The van der Waals surface area contributed by atoms with Gasteiger partial charge in [0.1, 0.15) is 17.5 Å². The molecule has 26 heavy (non-hydrogen) atoms. The van der Waals surface area contributed by atoms with E-state index in [2.05, 4.69) is 15.8 Å². The molecule has 0 aliphatic heterocycles. The molecule has 1 atom stereocenters. The van der Waals surface area contributed by atoms with Crippen LogP contribution in [0.5, 0.6) is 11.5 Å². The van der Waals surface area contributed by atoms with E-state index in [9.17, 15) is 20.0 Å². The zero-order valence-electron chi connectivity index (χ0n) is 14.2. The van der Waals surface area contributed by atoms with E-state index in [-0.39, 0.29) is 17.0 Å². The molecule has 0 saturated carbocycles. The fourth-order valence-corrected chi connectivity index (χ4v) is 2.08. The molecule has 0 saturated heterocycles. The Bertz CT molecular complexity index is 838. The maximum Gasteiger partial charge on any atom is 0.270 e. The lowest BCUT2D eigenvalue weighted by molar-refractivity contribution is -0.384.